The molecule has 0 amide bonds. The summed E-state index contributed by atoms with van der Waals surface area (Å²) in [4.78, 5) is 3.55. The van der Waals surface area contributed by atoms with Crippen molar-refractivity contribution in [3.8, 4) is 0 Å². The van der Waals surface area contributed by atoms with Crippen molar-refractivity contribution in [3.63, 3.8) is 0 Å². The van der Waals surface area contributed by atoms with Crippen molar-refractivity contribution in [2.24, 2.45) is 0 Å². The van der Waals surface area contributed by atoms with Gasteiger partial charge >= 0.3 is 0 Å². The Morgan fingerprint density at radius 1 is 1.14 bits per heavy atom. The maximum atomic E-state index is 2.17. The summed E-state index contributed by atoms with van der Waals surface area (Å²) in [5.41, 5.74) is 0. The molecule has 0 N–H and O–H groups in total. The zero-order valence-corrected chi connectivity index (χ0v) is 12.8. The van der Waals surface area contributed by atoms with Crippen LogP contribution in [-0.2, 0) is 0 Å². The minimum atomic E-state index is 0. The lowest BCUT2D eigenvalue weighted by atomic mass is 11.0. The van der Waals surface area contributed by atoms with E-state index >= 15 is 0 Å². The van der Waals surface area contributed by atoms with E-state index in [4.69, 9.17) is 0 Å². The quantitative estimate of drug-likeness (QED) is 0.280. The molecule has 0 aliphatic rings. The Balaban J connectivity index is 0. The SMILES string of the molecule is CSC(=PC(SC)=[N+](C)C)N(C)C.[Cl-]. The van der Waals surface area contributed by atoms with Crippen LogP contribution in [0.5, 0.6) is 0 Å². The molecule has 0 aromatic heterocycles. The Kier molecular flexibility index (Phi) is 11.1. The second-order valence-electron chi connectivity index (χ2n) is 2.87. The maximum absolute atomic E-state index is 2.17. The largest absolute Gasteiger partial charge is 1.00 e. The van der Waals surface area contributed by atoms with Crippen molar-refractivity contribution < 1.29 is 17.0 Å². The molecule has 0 radical (unpaired) electrons. The second kappa shape index (κ2) is 9.05. The first kappa shape index (κ1) is 17.2. The molecule has 6 heteroatoms. The summed E-state index contributed by atoms with van der Waals surface area (Å²) in [5.74, 6) is 0. The number of thioether (sulfide) groups is 2. The molecule has 0 atom stereocenters. The van der Waals surface area contributed by atoms with Crippen molar-refractivity contribution >= 4 is 41.3 Å². The van der Waals surface area contributed by atoms with Gasteiger partial charge in [0.25, 0.3) is 4.78 Å². The van der Waals surface area contributed by atoms with Gasteiger partial charge in [0, 0.05) is 8.20 Å². The van der Waals surface area contributed by atoms with Crippen molar-refractivity contribution in [1.29, 1.82) is 0 Å². The van der Waals surface area contributed by atoms with Gasteiger partial charge in [0.15, 0.2) is 0 Å². The predicted octanol–water partition coefficient (Wildman–Crippen LogP) is -1.06. The van der Waals surface area contributed by atoms with Gasteiger partial charge in [-0.15, -0.1) is 11.8 Å². The molecule has 0 rings (SSSR count). The Bertz CT molecular complexity index is 225. The molecular formula is C8H18ClN2PS2. The standard InChI is InChI=1S/C8H18N2PS2.ClH/c1-9(2)7(12-5)11-8(13-6)10(3)4;/h1-6H3;1H/q+1;/p-1. The second-order valence-corrected chi connectivity index (χ2v) is 6.14. The third-order valence-electron chi connectivity index (χ3n) is 1.32. The highest BCUT2D eigenvalue weighted by Crippen LogP contribution is 2.19. The number of halogens is 1. The molecule has 0 spiro atoms. The lowest BCUT2D eigenvalue weighted by molar-refractivity contribution is -0.458. The lowest BCUT2D eigenvalue weighted by Gasteiger charge is -2.10. The van der Waals surface area contributed by atoms with Gasteiger partial charge in [0.1, 0.15) is 14.1 Å². The van der Waals surface area contributed by atoms with Crippen LogP contribution in [0, 0.1) is 0 Å². The fraction of sp³-hybridized carbons (Fsp3) is 0.750. The molecule has 0 aliphatic carbocycles. The molecule has 0 saturated carbocycles. The first-order chi connectivity index (χ1) is 6.02. The van der Waals surface area contributed by atoms with E-state index in [2.05, 4.69) is 50.2 Å². The van der Waals surface area contributed by atoms with Crippen LogP contribution < -0.4 is 12.4 Å². The molecule has 0 fully saturated rings. The molecule has 0 bridgehead atoms. The molecular weight excluding hydrogens is 255 g/mol. The number of hydrogen-bond acceptors (Lipinski definition) is 2. The molecule has 2 nitrogen and oxygen atoms in total. The lowest BCUT2D eigenvalue weighted by Crippen LogP contribution is -3.00. The van der Waals surface area contributed by atoms with Crippen LogP contribution in [0.15, 0.2) is 0 Å². The zero-order valence-electron chi connectivity index (χ0n) is 9.54. The normalized spacial score (nSPS) is 11.2. The third kappa shape index (κ3) is 6.31. The number of hydrogen-bond donors (Lipinski definition) is 0. The number of rotatable bonds is 3. The van der Waals surface area contributed by atoms with E-state index in [9.17, 15) is 0 Å². The summed E-state index contributed by atoms with van der Waals surface area (Å²) in [6.07, 6.45) is 4.24. The molecule has 0 aliphatic heterocycles. The van der Waals surface area contributed by atoms with E-state index in [1.54, 1.807) is 0 Å². The van der Waals surface area contributed by atoms with Gasteiger partial charge in [-0.2, -0.15) is 0 Å². The molecule has 0 aromatic rings. The van der Waals surface area contributed by atoms with Gasteiger partial charge in [-0.05, 0) is 26.6 Å². The minimum absolute atomic E-state index is 0. The highest BCUT2D eigenvalue weighted by molar-refractivity contribution is 8.27. The third-order valence-corrected chi connectivity index (χ3v) is 5.61. The van der Waals surface area contributed by atoms with E-state index in [1.807, 2.05) is 23.5 Å². The van der Waals surface area contributed by atoms with Crippen LogP contribution in [-0.4, -0.2) is 59.7 Å². The van der Waals surface area contributed by atoms with Crippen LogP contribution in [0.2, 0.25) is 0 Å². The summed E-state index contributed by atoms with van der Waals surface area (Å²) >= 11 is 3.62. The summed E-state index contributed by atoms with van der Waals surface area (Å²) in [6.45, 7) is 0. The molecule has 84 valence electrons. The van der Waals surface area contributed by atoms with Crippen molar-refractivity contribution in [2.75, 3.05) is 40.7 Å². The molecule has 0 aromatic carbocycles. The monoisotopic (exact) mass is 272 g/mol. The minimum Gasteiger partial charge on any atom is -1.00 e. The van der Waals surface area contributed by atoms with Crippen LogP contribution in [0.4, 0.5) is 0 Å². The summed E-state index contributed by atoms with van der Waals surface area (Å²) in [5, 5.41) is 0. The average molecular weight is 273 g/mol. The Hall–Kier alpha value is 0.790. The first-order valence-electron chi connectivity index (χ1n) is 3.91. The van der Waals surface area contributed by atoms with Gasteiger partial charge in [-0.3, -0.25) is 4.90 Å². The van der Waals surface area contributed by atoms with Gasteiger partial charge in [-0.25, -0.2) is 4.58 Å². The Morgan fingerprint density at radius 2 is 1.64 bits per heavy atom. The fourth-order valence-electron chi connectivity index (χ4n) is 0.738. The van der Waals surface area contributed by atoms with Gasteiger partial charge in [-0.1, -0.05) is 11.8 Å². The summed E-state index contributed by atoms with van der Waals surface area (Å²) in [7, 11) is 9.66. The summed E-state index contributed by atoms with van der Waals surface area (Å²) < 4.78 is 3.55. The van der Waals surface area contributed by atoms with Crippen molar-refractivity contribution in [3.05, 3.63) is 0 Å². The van der Waals surface area contributed by atoms with E-state index < -0.39 is 0 Å². The Labute approximate surface area is 104 Å². The van der Waals surface area contributed by atoms with E-state index in [0.717, 1.165) is 0 Å². The topological polar surface area (TPSA) is 6.25 Å². The predicted molar refractivity (Wildman–Crippen MR) is 69.8 cm³/mol. The highest BCUT2D eigenvalue weighted by Gasteiger charge is 2.07. The van der Waals surface area contributed by atoms with Crippen LogP contribution in [0.25, 0.3) is 0 Å². The van der Waals surface area contributed by atoms with E-state index in [-0.39, 0.29) is 12.4 Å². The van der Waals surface area contributed by atoms with Gasteiger partial charge < -0.3 is 12.4 Å². The van der Waals surface area contributed by atoms with Gasteiger partial charge in [0.2, 0.25) is 0 Å². The molecule has 0 unspecified atom stereocenters. The van der Waals surface area contributed by atoms with Crippen LogP contribution >= 0.6 is 31.7 Å². The molecule has 0 saturated heterocycles. The van der Waals surface area contributed by atoms with E-state index in [1.165, 1.54) is 17.7 Å². The smallest absolute Gasteiger partial charge is 0.261 e. The summed E-state index contributed by atoms with van der Waals surface area (Å²) in [6, 6.07) is 0. The van der Waals surface area contributed by atoms with Crippen molar-refractivity contribution in [1.82, 2.24) is 4.90 Å². The maximum Gasteiger partial charge on any atom is 0.261 e. The van der Waals surface area contributed by atoms with Crippen LogP contribution in [0.3, 0.4) is 0 Å². The zero-order chi connectivity index (χ0) is 10.4. The molecule has 0 heterocycles. The molecule has 14 heavy (non-hydrogen) atoms. The highest BCUT2D eigenvalue weighted by atomic mass is 35.5. The Morgan fingerprint density at radius 3 is 1.86 bits per heavy atom. The van der Waals surface area contributed by atoms with Crippen LogP contribution in [0.1, 0.15) is 0 Å². The van der Waals surface area contributed by atoms with Gasteiger partial charge in [0.05, 0.1) is 4.75 Å². The fourth-order valence-corrected chi connectivity index (χ4v) is 3.45. The number of nitrogens with zero attached hydrogens (tertiary/aromatic N) is 2. The van der Waals surface area contributed by atoms with E-state index in [0.29, 0.717) is 0 Å². The average Bonchev–Trinajstić information content (AvgIpc) is 2.05. The van der Waals surface area contributed by atoms with Crippen molar-refractivity contribution in [2.45, 2.75) is 0 Å². The first-order valence-corrected chi connectivity index (χ1v) is 7.25.